The van der Waals surface area contributed by atoms with E-state index in [1.807, 2.05) is 0 Å². The normalized spacial score (nSPS) is 13.8. The maximum atomic E-state index is 12.7. The van der Waals surface area contributed by atoms with Crippen LogP contribution in [0.2, 0.25) is 0 Å². The molecule has 1 amide bonds. The second-order valence-corrected chi connectivity index (χ2v) is 6.32. The summed E-state index contributed by atoms with van der Waals surface area (Å²) >= 11 is 0. The Bertz CT molecular complexity index is 1100. The predicted octanol–water partition coefficient (Wildman–Crippen LogP) is 4.12. The summed E-state index contributed by atoms with van der Waals surface area (Å²) in [5.41, 5.74) is 1.27. The van der Waals surface area contributed by atoms with Gasteiger partial charge in [-0.3, -0.25) is 9.78 Å². The summed E-state index contributed by atoms with van der Waals surface area (Å²) < 4.78 is 71.1. The van der Waals surface area contributed by atoms with Crippen LogP contribution in [0.1, 0.15) is 33.9 Å². The van der Waals surface area contributed by atoms with Gasteiger partial charge in [0.15, 0.2) is 0 Å². The van der Waals surface area contributed by atoms with Gasteiger partial charge >= 0.3 is 12.8 Å². The van der Waals surface area contributed by atoms with Gasteiger partial charge in [-0.1, -0.05) is 12.1 Å². The first-order valence-corrected chi connectivity index (χ1v) is 8.44. The van der Waals surface area contributed by atoms with Gasteiger partial charge in [-0.05, 0) is 23.8 Å². The molecule has 0 saturated heterocycles. The highest BCUT2D eigenvalue weighted by Gasteiger charge is 2.32. The van der Waals surface area contributed by atoms with Crippen molar-refractivity contribution in [3.8, 4) is 17.2 Å². The largest absolute Gasteiger partial charge is 0.573 e. The van der Waals surface area contributed by atoms with Crippen molar-refractivity contribution in [1.29, 1.82) is 0 Å². The maximum absolute atomic E-state index is 12.7. The van der Waals surface area contributed by atoms with Crippen molar-refractivity contribution in [2.75, 3.05) is 0 Å². The molecular formula is C18H11F5N4O3. The van der Waals surface area contributed by atoms with Crippen molar-refractivity contribution in [1.82, 2.24) is 20.1 Å². The lowest BCUT2D eigenvalue weighted by molar-refractivity contribution is -0.274. The van der Waals surface area contributed by atoms with Crippen LogP contribution in [0.5, 0.6) is 5.75 Å². The Kier molecular flexibility index (Phi) is 4.84. The SMILES string of the molecule is O=C1c2cc(-c3nnc(C(F)F)o3)cnc2CN1Cc1cccc(OC(F)(F)F)c1. The highest BCUT2D eigenvalue weighted by molar-refractivity contribution is 5.98. The number of nitrogens with zero attached hydrogens (tertiary/aromatic N) is 4. The van der Waals surface area contributed by atoms with E-state index in [2.05, 4.69) is 19.9 Å². The molecule has 0 fully saturated rings. The van der Waals surface area contributed by atoms with Gasteiger partial charge in [0.1, 0.15) is 5.75 Å². The van der Waals surface area contributed by atoms with Crippen LogP contribution in [-0.4, -0.2) is 32.4 Å². The van der Waals surface area contributed by atoms with Gasteiger partial charge in [-0.15, -0.1) is 23.4 Å². The van der Waals surface area contributed by atoms with Crippen molar-refractivity contribution in [2.24, 2.45) is 0 Å². The Morgan fingerprint density at radius 2 is 2.00 bits per heavy atom. The number of hydrogen-bond acceptors (Lipinski definition) is 6. The number of amides is 1. The minimum atomic E-state index is -4.82. The summed E-state index contributed by atoms with van der Waals surface area (Å²) in [6.45, 7) is 0.153. The Morgan fingerprint density at radius 1 is 1.20 bits per heavy atom. The van der Waals surface area contributed by atoms with Crippen LogP contribution in [0, 0.1) is 0 Å². The molecule has 12 heteroatoms. The fourth-order valence-corrected chi connectivity index (χ4v) is 2.97. The van der Waals surface area contributed by atoms with Gasteiger partial charge in [0.2, 0.25) is 5.89 Å². The van der Waals surface area contributed by atoms with E-state index in [4.69, 9.17) is 4.42 Å². The molecule has 3 aromatic rings. The molecule has 1 aromatic carbocycles. The van der Waals surface area contributed by atoms with E-state index in [0.29, 0.717) is 11.3 Å². The number of aromatic nitrogens is 3. The maximum Gasteiger partial charge on any atom is 0.573 e. The first-order chi connectivity index (χ1) is 14.2. The lowest BCUT2D eigenvalue weighted by atomic mass is 10.1. The number of pyridine rings is 1. The number of carbonyl (C=O) groups is 1. The minimum absolute atomic E-state index is 0.0235. The third kappa shape index (κ3) is 4.07. The average molecular weight is 426 g/mol. The Labute approximate surface area is 165 Å². The molecule has 0 unspecified atom stereocenters. The van der Waals surface area contributed by atoms with E-state index in [1.54, 1.807) is 6.07 Å². The molecule has 0 bridgehead atoms. The topological polar surface area (TPSA) is 81.3 Å². The van der Waals surface area contributed by atoms with Crippen molar-refractivity contribution in [3.05, 3.63) is 59.2 Å². The molecule has 0 spiro atoms. The summed E-state index contributed by atoms with van der Waals surface area (Å²) in [6, 6.07) is 6.69. The fourth-order valence-electron chi connectivity index (χ4n) is 2.97. The van der Waals surface area contributed by atoms with Crippen LogP contribution < -0.4 is 4.74 Å². The monoisotopic (exact) mass is 426 g/mol. The molecule has 1 aliphatic heterocycles. The molecule has 0 atom stereocenters. The highest BCUT2D eigenvalue weighted by Crippen LogP contribution is 2.29. The molecule has 0 radical (unpaired) electrons. The number of alkyl halides is 5. The quantitative estimate of drug-likeness (QED) is 0.571. The van der Waals surface area contributed by atoms with E-state index in [0.717, 1.165) is 6.07 Å². The summed E-state index contributed by atoms with van der Waals surface area (Å²) in [5, 5.41) is 6.74. The summed E-state index contributed by atoms with van der Waals surface area (Å²) in [6.07, 6.45) is -6.43. The van der Waals surface area contributed by atoms with Crippen LogP contribution in [0.25, 0.3) is 11.5 Å². The number of benzene rings is 1. The molecular weight excluding hydrogens is 415 g/mol. The number of halogens is 5. The molecule has 156 valence electrons. The second-order valence-electron chi connectivity index (χ2n) is 6.32. The second kappa shape index (κ2) is 7.35. The Hall–Kier alpha value is -3.57. The zero-order valence-electron chi connectivity index (χ0n) is 14.9. The fraction of sp³-hybridized carbons (Fsp3) is 0.222. The lowest BCUT2D eigenvalue weighted by Gasteiger charge is -2.16. The molecule has 1 aliphatic rings. The Morgan fingerprint density at radius 3 is 2.70 bits per heavy atom. The van der Waals surface area contributed by atoms with Gasteiger partial charge in [-0.2, -0.15) is 8.78 Å². The summed E-state index contributed by atoms with van der Waals surface area (Å²) in [5.74, 6) is -1.87. The van der Waals surface area contributed by atoms with E-state index < -0.39 is 30.3 Å². The van der Waals surface area contributed by atoms with Crippen LogP contribution in [0.3, 0.4) is 0 Å². The molecule has 0 saturated carbocycles. The average Bonchev–Trinajstić information content (AvgIpc) is 3.27. The number of fused-ring (bicyclic) bond motifs is 1. The first-order valence-electron chi connectivity index (χ1n) is 8.44. The van der Waals surface area contributed by atoms with Crippen molar-refractivity contribution >= 4 is 5.91 Å². The molecule has 4 rings (SSSR count). The zero-order chi connectivity index (χ0) is 21.5. The van der Waals surface area contributed by atoms with E-state index in [9.17, 15) is 26.7 Å². The molecule has 3 heterocycles. The van der Waals surface area contributed by atoms with Crippen molar-refractivity contribution < 1.29 is 35.9 Å². The highest BCUT2D eigenvalue weighted by atomic mass is 19.4. The van der Waals surface area contributed by atoms with Crippen LogP contribution in [0.15, 0.2) is 40.9 Å². The van der Waals surface area contributed by atoms with E-state index >= 15 is 0 Å². The van der Waals surface area contributed by atoms with Crippen LogP contribution in [-0.2, 0) is 13.1 Å². The Balaban J connectivity index is 1.52. The summed E-state index contributed by atoms with van der Waals surface area (Å²) in [4.78, 5) is 18.2. The molecule has 0 N–H and O–H groups in total. The van der Waals surface area contributed by atoms with Crippen molar-refractivity contribution in [2.45, 2.75) is 25.9 Å². The van der Waals surface area contributed by atoms with Crippen LogP contribution in [0.4, 0.5) is 22.0 Å². The van der Waals surface area contributed by atoms with Gasteiger partial charge in [0.25, 0.3) is 11.8 Å². The zero-order valence-corrected chi connectivity index (χ0v) is 14.9. The predicted molar refractivity (Wildman–Crippen MR) is 89.2 cm³/mol. The van der Waals surface area contributed by atoms with E-state index in [-0.39, 0.29) is 30.1 Å². The van der Waals surface area contributed by atoms with Gasteiger partial charge in [-0.25, -0.2) is 0 Å². The standard InChI is InChI=1S/C18H11F5N4O3/c19-14(20)16-26-25-15(29-16)10-5-12-13(24-6-10)8-27(17(12)28)7-9-2-1-3-11(4-9)30-18(21,22)23/h1-6,14H,7-8H2. The first kappa shape index (κ1) is 19.7. The molecule has 2 aromatic heterocycles. The molecule has 7 nitrogen and oxygen atoms in total. The number of rotatable bonds is 5. The number of carbonyl (C=O) groups excluding carboxylic acids is 1. The minimum Gasteiger partial charge on any atom is -0.415 e. The third-order valence-electron chi connectivity index (χ3n) is 4.21. The third-order valence-corrected chi connectivity index (χ3v) is 4.21. The molecule has 0 aliphatic carbocycles. The molecule has 30 heavy (non-hydrogen) atoms. The smallest absolute Gasteiger partial charge is 0.415 e. The van der Waals surface area contributed by atoms with Gasteiger partial charge < -0.3 is 14.1 Å². The van der Waals surface area contributed by atoms with Crippen LogP contribution >= 0.6 is 0 Å². The van der Waals surface area contributed by atoms with Gasteiger partial charge in [0, 0.05) is 12.7 Å². The number of hydrogen-bond donors (Lipinski definition) is 0. The lowest BCUT2D eigenvalue weighted by Crippen LogP contribution is -2.23. The van der Waals surface area contributed by atoms with E-state index in [1.165, 1.54) is 29.3 Å². The van der Waals surface area contributed by atoms with Crippen molar-refractivity contribution in [3.63, 3.8) is 0 Å². The van der Waals surface area contributed by atoms with Gasteiger partial charge in [0.05, 0.1) is 23.4 Å². The summed E-state index contributed by atoms with van der Waals surface area (Å²) in [7, 11) is 0. The number of ether oxygens (including phenoxy) is 1.